The molecule has 0 bridgehead atoms. The van der Waals surface area contributed by atoms with Crippen LogP contribution in [0, 0.1) is 30.2 Å². The van der Waals surface area contributed by atoms with E-state index in [0.717, 1.165) is 17.7 Å². The standard InChI is InChI=1S/C20H12F6O.CH4/c1-11-2-4-12(5-3-11)13-6-7-15(16(21)8-13)20(25,26)27-14-9-17(22)19(24)18(23)10-14;/h2-10H,1H3;1H4. The molecule has 0 atom stereocenters. The zero-order valence-electron chi connectivity index (χ0n) is 13.9. The zero-order chi connectivity index (χ0) is 19.8. The largest absolute Gasteiger partial charge is 0.429 e. The molecule has 0 aliphatic rings. The lowest BCUT2D eigenvalue weighted by molar-refractivity contribution is -0.187. The highest BCUT2D eigenvalue weighted by atomic mass is 19.3. The minimum absolute atomic E-state index is 0. The molecule has 0 radical (unpaired) electrons. The van der Waals surface area contributed by atoms with Gasteiger partial charge in [0.25, 0.3) is 0 Å². The highest BCUT2D eigenvalue weighted by Crippen LogP contribution is 2.35. The van der Waals surface area contributed by atoms with Crippen molar-refractivity contribution in [2.45, 2.75) is 20.5 Å². The maximum Gasteiger partial charge on any atom is 0.429 e. The molecule has 0 heterocycles. The van der Waals surface area contributed by atoms with E-state index in [4.69, 9.17) is 0 Å². The van der Waals surface area contributed by atoms with E-state index in [2.05, 4.69) is 4.74 Å². The fourth-order valence-electron chi connectivity index (χ4n) is 2.47. The monoisotopic (exact) mass is 398 g/mol. The van der Waals surface area contributed by atoms with Gasteiger partial charge in [-0.2, -0.15) is 8.78 Å². The zero-order valence-corrected chi connectivity index (χ0v) is 13.9. The molecule has 0 amide bonds. The molecule has 0 spiro atoms. The number of alkyl halides is 2. The first kappa shape index (κ1) is 21.3. The molecule has 0 unspecified atom stereocenters. The highest BCUT2D eigenvalue weighted by molar-refractivity contribution is 5.64. The summed E-state index contributed by atoms with van der Waals surface area (Å²) in [5.74, 6) is -7.45. The molecule has 0 saturated heterocycles. The minimum Gasteiger partial charge on any atom is -0.429 e. The third-order valence-electron chi connectivity index (χ3n) is 3.87. The fraction of sp³-hybridized carbons (Fsp3) is 0.143. The molecule has 28 heavy (non-hydrogen) atoms. The topological polar surface area (TPSA) is 9.23 Å². The van der Waals surface area contributed by atoms with Crippen LogP contribution in [0.2, 0.25) is 0 Å². The Labute approximate surface area is 158 Å². The van der Waals surface area contributed by atoms with Crippen molar-refractivity contribution in [2.24, 2.45) is 0 Å². The van der Waals surface area contributed by atoms with Gasteiger partial charge in [-0.3, -0.25) is 0 Å². The van der Waals surface area contributed by atoms with Crippen LogP contribution in [-0.4, -0.2) is 0 Å². The van der Waals surface area contributed by atoms with Gasteiger partial charge in [0.05, 0.1) is 5.56 Å². The third kappa shape index (κ3) is 4.30. The van der Waals surface area contributed by atoms with Crippen LogP contribution in [-0.2, 0) is 6.11 Å². The first-order valence-electron chi connectivity index (χ1n) is 7.76. The fourth-order valence-corrected chi connectivity index (χ4v) is 2.47. The van der Waals surface area contributed by atoms with Crippen molar-refractivity contribution in [1.29, 1.82) is 0 Å². The molecule has 3 rings (SSSR count). The predicted octanol–water partition coefficient (Wildman–Crippen LogP) is 6.98. The molecular weight excluding hydrogens is 382 g/mol. The third-order valence-corrected chi connectivity index (χ3v) is 3.87. The first-order valence-corrected chi connectivity index (χ1v) is 7.76. The van der Waals surface area contributed by atoms with Crippen LogP contribution in [0.3, 0.4) is 0 Å². The number of benzene rings is 3. The second kappa shape index (κ2) is 7.96. The Morgan fingerprint density at radius 1 is 0.714 bits per heavy atom. The van der Waals surface area contributed by atoms with E-state index in [1.54, 1.807) is 24.3 Å². The molecule has 1 nitrogen and oxygen atoms in total. The molecule has 0 saturated carbocycles. The Morgan fingerprint density at radius 2 is 1.25 bits per heavy atom. The molecule has 0 fully saturated rings. The summed E-state index contributed by atoms with van der Waals surface area (Å²) in [5, 5.41) is 0. The van der Waals surface area contributed by atoms with Gasteiger partial charge in [0.1, 0.15) is 11.6 Å². The van der Waals surface area contributed by atoms with Gasteiger partial charge in [-0.05, 0) is 30.2 Å². The van der Waals surface area contributed by atoms with E-state index in [9.17, 15) is 26.3 Å². The maximum atomic E-state index is 14.3. The van der Waals surface area contributed by atoms with Gasteiger partial charge >= 0.3 is 6.11 Å². The van der Waals surface area contributed by atoms with E-state index in [0.29, 0.717) is 11.1 Å². The van der Waals surface area contributed by atoms with Gasteiger partial charge in [0.2, 0.25) is 0 Å². The lowest BCUT2D eigenvalue weighted by atomic mass is 10.0. The summed E-state index contributed by atoms with van der Waals surface area (Å²) in [6, 6.07) is 10.5. The van der Waals surface area contributed by atoms with Gasteiger partial charge in [0.15, 0.2) is 17.5 Å². The average Bonchev–Trinajstić information content (AvgIpc) is 2.59. The number of ether oxygens (including phenoxy) is 1. The maximum absolute atomic E-state index is 14.3. The van der Waals surface area contributed by atoms with E-state index in [1.807, 2.05) is 6.92 Å². The van der Waals surface area contributed by atoms with E-state index < -0.39 is 40.7 Å². The van der Waals surface area contributed by atoms with Gasteiger partial charge < -0.3 is 4.74 Å². The smallest absolute Gasteiger partial charge is 0.429 e. The number of hydrogen-bond acceptors (Lipinski definition) is 1. The summed E-state index contributed by atoms with van der Waals surface area (Å²) in [5.41, 5.74) is 0.849. The molecule has 0 N–H and O–H groups in total. The SMILES string of the molecule is C.Cc1ccc(-c2ccc(C(F)(F)Oc3cc(F)c(F)c(F)c3)c(F)c2)cc1. The number of hydrogen-bond donors (Lipinski definition) is 0. The van der Waals surface area contributed by atoms with Gasteiger partial charge in [-0.25, -0.2) is 17.6 Å². The predicted molar refractivity (Wildman–Crippen MR) is 94.1 cm³/mol. The molecule has 3 aromatic carbocycles. The summed E-state index contributed by atoms with van der Waals surface area (Å²) in [7, 11) is 0. The molecule has 148 valence electrons. The highest BCUT2D eigenvalue weighted by Gasteiger charge is 2.38. The van der Waals surface area contributed by atoms with Crippen molar-refractivity contribution < 1.29 is 31.1 Å². The summed E-state index contributed by atoms with van der Waals surface area (Å²) in [6.45, 7) is 1.87. The van der Waals surface area contributed by atoms with Crippen molar-refractivity contribution >= 4 is 0 Å². The molecule has 3 aromatic rings. The van der Waals surface area contributed by atoms with E-state index >= 15 is 0 Å². The minimum atomic E-state index is -4.23. The van der Waals surface area contributed by atoms with Crippen LogP contribution >= 0.6 is 0 Å². The Balaban J connectivity index is 0.00000280. The number of aryl methyl sites for hydroxylation is 1. The van der Waals surface area contributed by atoms with Crippen LogP contribution in [0.5, 0.6) is 5.75 Å². The quantitative estimate of drug-likeness (QED) is 0.340. The average molecular weight is 398 g/mol. The lowest BCUT2D eigenvalue weighted by Gasteiger charge is -2.19. The Hall–Kier alpha value is -2.96. The van der Waals surface area contributed by atoms with Crippen molar-refractivity contribution in [3.8, 4) is 16.9 Å². The summed E-state index contributed by atoms with van der Waals surface area (Å²) >= 11 is 0. The Kier molecular flexibility index (Phi) is 6.07. The lowest BCUT2D eigenvalue weighted by Crippen LogP contribution is -2.23. The Morgan fingerprint density at radius 3 is 1.79 bits per heavy atom. The van der Waals surface area contributed by atoms with Crippen LogP contribution in [0.4, 0.5) is 26.3 Å². The van der Waals surface area contributed by atoms with Gasteiger partial charge in [-0.1, -0.05) is 43.3 Å². The number of halogens is 6. The van der Waals surface area contributed by atoms with Crippen molar-refractivity contribution in [3.05, 3.63) is 89.0 Å². The molecular formula is C21H16F6O. The molecule has 0 aromatic heterocycles. The Bertz CT molecular complexity index is 960. The van der Waals surface area contributed by atoms with Crippen LogP contribution in [0.15, 0.2) is 54.6 Å². The van der Waals surface area contributed by atoms with E-state index in [1.165, 1.54) is 6.07 Å². The van der Waals surface area contributed by atoms with Crippen molar-refractivity contribution in [2.75, 3.05) is 0 Å². The first-order chi connectivity index (χ1) is 12.7. The molecule has 0 aliphatic carbocycles. The van der Waals surface area contributed by atoms with Crippen LogP contribution < -0.4 is 4.74 Å². The summed E-state index contributed by atoms with van der Waals surface area (Å²) < 4.78 is 86.2. The second-order valence-corrected chi connectivity index (χ2v) is 5.88. The van der Waals surface area contributed by atoms with Gasteiger partial charge in [-0.15, -0.1) is 0 Å². The molecule has 7 heteroatoms. The van der Waals surface area contributed by atoms with Gasteiger partial charge in [0, 0.05) is 12.1 Å². The van der Waals surface area contributed by atoms with Crippen molar-refractivity contribution in [1.82, 2.24) is 0 Å². The van der Waals surface area contributed by atoms with E-state index in [-0.39, 0.29) is 19.6 Å². The number of rotatable bonds is 4. The summed E-state index contributed by atoms with van der Waals surface area (Å²) in [6.07, 6.45) is -4.23. The summed E-state index contributed by atoms with van der Waals surface area (Å²) in [4.78, 5) is 0. The normalized spacial score (nSPS) is 11.1. The van der Waals surface area contributed by atoms with Crippen molar-refractivity contribution in [3.63, 3.8) is 0 Å². The van der Waals surface area contributed by atoms with Crippen LogP contribution in [0.25, 0.3) is 11.1 Å². The molecule has 0 aliphatic heterocycles. The second-order valence-electron chi connectivity index (χ2n) is 5.88. The van der Waals surface area contributed by atoms with Crippen LogP contribution in [0.1, 0.15) is 18.6 Å².